The van der Waals surface area contributed by atoms with Crippen LogP contribution < -0.4 is 10.8 Å². The molecule has 2 heterocycles. The zero-order chi connectivity index (χ0) is 21.8. The van der Waals surface area contributed by atoms with Gasteiger partial charge < -0.3 is 5.32 Å². The van der Waals surface area contributed by atoms with Crippen molar-refractivity contribution >= 4 is 23.2 Å². The third kappa shape index (κ3) is 4.06. The highest BCUT2D eigenvalue weighted by molar-refractivity contribution is 6.30. The lowest BCUT2D eigenvalue weighted by molar-refractivity contribution is 0.102. The standard InChI is InChI=1S/C23H15ClN6O/c24-16-8-10-18(11-9-16)30-22(26)19(13-25)20(15-5-2-1-3-6-15)21(29-30)23(31)28-17-7-4-12-27-14-17/h1-12,14,26H,(H,28,31). The lowest BCUT2D eigenvalue weighted by Crippen LogP contribution is -2.29. The summed E-state index contributed by atoms with van der Waals surface area (Å²) in [5.41, 5.74) is 1.80. The molecular weight excluding hydrogens is 412 g/mol. The van der Waals surface area contributed by atoms with Crippen LogP contribution in [0.25, 0.3) is 16.8 Å². The van der Waals surface area contributed by atoms with Crippen LogP contribution in [0, 0.1) is 16.7 Å². The van der Waals surface area contributed by atoms with Crippen LogP contribution in [-0.4, -0.2) is 20.7 Å². The van der Waals surface area contributed by atoms with Crippen LogP contribution in [0.1, 0.15) is 16.1 Å². The summed E-state index contributed by atoms with van der Waals surface area (Å²) >= 11 is 5.98. The molecule has 0 spiro atoms. The third-order valence-corrected chi connectivity index (χ3v) is 4.77. The van der Waals surface area contributed by atoms with Crippen LogP contribution in [-0.2, 0) is 0 Å². The summed E-state index contributed by atoms with van der Waals surface area (Å²) in [5.74, 6) is -0.522. The van der Waals surface area contributed by atoms with Gasteiger partial charge in [0.1, 0.15) is 11.6 Å². The van der Waals surface area contributed by atoms with E-state index in [2.05, 4.69) is 21.5 Å². The van der Waals surface area contributed by atoms with E-state index < -0.39 is 5.91 Å². The maximum atomic E-state index is 13.2. The van der Waals surface area contributed by atoms with E-state index in [0.717, 1.165) is 0 Å². The molecule has 0 fully saturated rings. The molecule has 31 heavy (non-hydrogen) atoms. The first-order valence-electron chi connectivity index (χ1n) is 9.23. The fourth-order valence-electron chi connectivity index (χ4n) is 3.09. The molecule has 1 amide bonds. The quantitative estimate of drug-likeness (QED) is 0.510. The molecule has 4 aromatic rings. The van der Waals surface area contributed by atoms with E-state index in [1.54, 1.807) is 66.9 Å². The average molecular weight is 427 g/mol. The summed E-state index contributed by atoms with van der Waals surface area (Å²) in [6.45, 7) is 0. The molecule has 7 nitrogen and oxygen atoms in total. The molecule has 2 aromatic heterocycles. The Morgan fingerprint density at radius 1 is 1.06 bits per heavy atom. The highest BCUT2D eigenvalue weighted by Gasteiger charge is 2.23. The molecule has 0 atom stereocenters. The smallest absolute Gasteiger partial charge is 0.276 e. The molecule has 150 valence electrons. The fourth-order valence-corrected chi connectivity index (χ4v) is 3.22. The Morgan fingerprint density at radius 2 is 1.81 bits per heavy atom. The lowest BCUT2D eigenvalue weighted by Gasteiger charge is -2.15. The van der Waals surface area contributed by atoms with Gasteiger partial charge in [-0.2, -0.15) is 10.4 Å². The SMILES string of the molecule is N#Cc1c(-c2ccccc2)c(C(=O)Nc2cccnc2)nn(-c2ccc(Cl)cc2)c1=N. The summed E-state index contributed by atoms with van der Waals surface area (Å²) < 4.78 is 1.25. The number of benzene rings is 2. The van der Waals surface area contributed by atoms with Gasteiger partial charge in [0.2, 0.25) is 0 Å². The number of pyridine rings is 1. The van der Waals surface area contributed by atoms with Crippen molar-refractivity contribution in [3.05, 3.63) is 101 Å². The van der Waals surface area contributed by atoms with Gasteiger partial charge in [-0.05, 0) is 42.0 Å². The predicted octanol–water partition coefficient (Wildman–Crippen LogP) is 4.19. The van der Waals surface area contributed by atoms with E-state index in [-0.39, 0.29) is 16.7 Å². The van der Waals surface area contributed by atoms with Crippen LogP contribution in [0.5, 0.6) is 0 Å². The van der Waals surface area contributed by atoms with Crippen molar-refractivity contribution in [2.75, 3.05) is 5.32 Å². The summed E-state index contributed by atoms with van der Waals surface area (Å²) in [6.07, 6.45) is 3.11. The van der Waals surface area contributed by atoms with Gasteiger partial charge in [0.25, 0.3) is 5.91 Å². The van der Waals surface area contributed by atoms with Gasteiger partial charge in [0, 0.05) is 16.8 Å². The summed E-state index contributed by atoms with van der Waals surface area (Å²) in [6, 6.07) is 21.1. The Balaban J connectivity index is 1.96. The van der Waals surface area contributed by atoms with Crippen molar-refractivity contribution in [1.82, 2.24) is 14.8 Å². The number of nitriles is 1. The number of rotatable bonds is 4. The Hall–Kier alpha value is -4.28. The molecule has 0 unspecified atom stereocenters. The Morgan fingerprint density at radius 3 is 2.45 bits per heavy atom. The Labute approximate surface area is 182 Å². The second kappa shape index (κ2) is 8.61. The van der Waals surface area contributed by atoms with Gasteiger partial charge in [-0.15, -0.1) is 0 Å². The number of hydrogen-bond acceptors (Lipinski definition) is 5. The van der Waals surface area contributed by atoms with Crippen LogP contribution in [0.3, 0.4) is 0 Å². The average Bonchev–Trinajstić information content (AvgIpc) is 2.80. The molecule has 4 rings (SSSR count). The monoisotopic (exact) mass is 426 g/mol. The number of halogens is 1. The van der Waals surface area contributed by atoms with E-state index in [1.165, 1.54) is 10.9 Å². The van der Waals surface area contributed by atoms with Crippen molar-refractivity contribution in [3.8, 4) is 22.9 Å². The van der Waals surface area contributed by atoms with Gasteiger partial charge in [-0.3, -0.25) is 15.2 Å². The second-order valence-electron chi connectivity index (χ2n) is 6.51. The van der Waals surface area contributed by atoms with Crippen molar-refractivity contribution < 1.29 is 4.79 Å². The van der Waals surface area contributed by atoms with Crippen molar-refractivity contribution in [2.45, 2.75) is 0 Å². The fraction of sp³-hybridized carbons (Fsp3) is 0. The topological polar surface area (TPSA) is 107 Å². The number of amides is 1. The number of aromatic nitrogens is 3. The molecule has 2 N–H and O–H groups in total. The van der Waals surface area contributed by atoms with E-state index in [4.69, 9.17) is 17.0 Å². The van der Waals surface area contributed by atoms with E-state index >= 15 is 0 Å². The molecule has 0 aliphatic carbocycles. The zero-order valence-corrected chi connectivity index (χ0v) is 16.8. The number of nitrogens with one attached hydrogen (secondary N) is 2. The van der Waals surface area contributed by atoms with E-state index in [0.29, 0.717) is 27.5 Å². The normalized spacial score (nSPS) is 10.3. The first-order valence-corrected chi connectivity index (χ1v) is 9.61. The van der Waals surface area contributed by atoms with Gasteiger partial charge in [0.15, 0.2) is 11.2 Å². The third-order valence-electron chi connectivity index (χ3n) is 4.52. The van der Waals surface area contributed by atoms with E-state index in [1.807, 2.05) is 6.07 Å². The van der Waals surface area contributed by atoms with Gasteiger partial charge in [0.05, 0.1) is 17.6 Å². The highest BCUT2D eigenvalue weighted by Crippen LogP contribution is 2.26. The van der Waals surface area contributed by atoms with Gasteiger partial charge in [-0.1, -0.05) is 41.9 Å². The minimum absolute atomic E-state index is 0.0116. The molecule has 0 bridgehead atoms. The predicted molar refractivity (Wildman–Crippen MR) is 117 cm³/mol. The van der Waals surface area contributed by atoms with Crippen LogP contribution in [0.4, 0.5) is 5.69 Å². The molecule has 0 saturated carbocycles. The Kier molecular flexibility index (Phi) is 5.56. The molecule has 0 aliphatic rings. The van der Waals surface area contributed by atoms with Gasteiger partial charge >= 0.3 is 0 Å². The van der Waals surface area contributed by atoms with Crippen molar-refractivity contribution in [3.63, 3.8) is 0 Å². The summed E-state index contributed by atoms with van der Waals surface area (Å²) in [5, 5.41) is 26.2. The first-order chi connectivity index (χ1) is 15.1. The minimum Gasteiger partial charge on any atom is -0.319 e. The zero-order valence-electron chi connectivity index (χ0n) is 16.1. The van der Waals surface area contributed by atoms with Crippen LogP contribution >= 0.6 is 11.6 Å². The maximum Gasteiger partial charge on any atom is 0.276 e. The summed E-state index contributed by atoms with van der Waals surface area (Å²) in [4.78, 5) is 17.2. The summed E-state index contributed by atoms with van der Waals surface area (Å²) in [7, 11) is 0. The molecule has 2 aromatic carbocycles. The Bertz CT molecular complexity index is 1340. The number of anilines is 1. The second-order valence-corrected chi connectivity index (χ2v) is 6.95. The molecule has 8 heteroatoms. The largest absolute Gasteiger partial charge is 0.319 e. The minimum atomic E-state index is -0.522. The maximum absolute atomic E-state index is 13.2. The molecule has 0 saturated heterocycles. The first kappa shape index (κ1) is 20.0. The number of carbonyl (C=O) groups excluding carboxylic acids is 1. The van der Waals surface area contributed by atoms with Gasteiger partial charge in [-0.25, -0.2) is 4.68 Å². The van der Waals surface area contributed by atoms with Crippen molar-refractivity contribution in [2.24, 2.45) is 0 Å². The van der Waals surface area contributed by atoms with E-state index in [9.17, 15) is 10.1 Å². The molecule has 0 aliphatic heterocycles. The van der Waals surface area contributed by atoms with Crippen molar-refractivity contribution in [1.29, 1.82) is 10.7 Å². The van der Waals surface area contributed by atoms with Crippen LogP contribution in [0.15, 0.2) is 79.1 Å². The van der Waals surface area contributed by atoms with Crippen LogP contribution in [0.2, 0.25) is 5.02 Å². The number of hydrogen-bond donors (Lipinski definition) is 2. The molecular formula is C23H15ClN6O. The lowest BCUT2D eigenvalue weighted by atomic mass is 9.99. The number of nitrogens with zero attached hydrogens (tertiary/aromatic N) is 4. The molecule has 0 radical (unpaired) electrons. The number of carbonyl (C=O) groups is 1. The highest BCUT2D eigenvalue weighted by atomic mass is 35.5.